The van der Waals surface area contributed by atoms with Crippen LogP contribution in [0.4, 0.5) is 0 Å². The molecule has 0 heterocycles. The fraction of sp³-hybridized carbons (Fsp3) is 0.667. The Morgan fingerprint density at radius 3 is 3.10 bits per heavy atom. The second kappa shape index (κ2) is 1.94. The summed E-state index contributed by atoms with van der Waals surface area (Å²) in [5.41, 5.74) is 1.32. The minimum atomic E-state index is 0.318. The van der Waals surface area contributed by atoms with E-state index in [0.29, 0.717) is 17.6 Å². The van der Waals surface area contributed by atoms with Gasteiger partial charge in [-0.3, -0.25) is 4.79 Å². The standard InChI is InChI=1S/C9H12O/c1-6-2-3-7-4-8(6)9(10)5-7/h2,7-8H,3-5H2,1H3/t7?,8-/m0/s1. The van der Waals surface area contributed by atoms with E-state index >= 15 is 0 Å². The van der Waals surface area contributed by atoms with Crippen molar-refractivity contribution in [2.75, 3.05) is 0 Å². The van der Waals surface area contributed by atoms with Crippen LogP contribution < -0.4 is 0 Å². The van der Waals surface area contributed by atoms with E-state index in [1.807, 2.05) is 0 Å². The van der Waals surface area contributed by atoms with E-state index < -0.39 is 0 Å². The molecule has 2 bridgehead atoms. The first-order valence-corrected chi connectivity index (χ1v) is 3.96. The van der Waals surface area contributed by atoms with Gasteiger partial charge in [0.2, 0.25) is 0 Å². The third-order valence-corrected chi connectivity index (χ3v) is 2.77. The van der Waals surface area contributed by atoms with Crippen molar-refractivity contribution < 1.29 is 4.79 Å². The first-order valence-electron chi connectivity index (χ1n) is 3.96. The molecule has 0 radical (unpaired) electrons. The van der Waals surface area contributed by atoms with Gasteiger partial charge < -0.3 is 0 Å². The Morgan fingerprint density at radius 2 is 2.40 bits per heavy atom. The molecule has 2 aliphatic rings. The highest BCUT2D eigenvalue weighted by molar-refractivity contribution is 5.86. The van der Waals surface area contributed by atoms with Crippen LogP contribution in [0.2, 0.25) is 0 Å². The van der Waals surface area contributed by atoms with Crippen LogP contribution in [0.15, 0.2) is 11.6 Å². The molecule has 2 aliphatic carbocycles. The molecule has 0 aromatic rings. The molecule has 2 rings (SSSR count). The third kappa shape index (κ3) is 0.731. The number of carbonyl (C=O) groups excluding carboxylic acids is 1. The topological polar surface area (TPSA) is 17.1 Å². The van der Waals surface area contributed by atoms with Gasteiger partial charge in [-0.05, 0) is 25.7 Å². The number of hydrogen-bond acceptors (Lipinski definition) is 1. The summed E-state index contributed by atoms with van der Waals surface area (Å²) in [6.07, 6.45) is 5.37. The number of allylic oxidation sites excluding steroid dienone is 2. The van der Waals surface area contributed by atoms with E-state index in [1.165, 1.54) is 5.57 Å². The normalized spacial score (nSPS) is 38.1. The Balaban J connectivity index is 2.31. The predicted octanol–water partition coefficient (Wildman–Crippen LogP) is 1.93. The molecule has 2 atom stereocenters. The minimum Gasteiger partial charge on any atom is -0.299 e. The summed E-state index contributed by atoms with van der Waals surface area (Å²) >= 11 is 0. The maximum absolute atomic E-state index is 11.2. The Hall–Kier alpha value is -0.590. The molecule has 1 saturated carbocycles. The van der Waals surface area contributed by atoms with Crippen LogP contribution in [-0.4, -0.2) is 5.78 Å². The van der Waals surface area contributed by atoms with Crippen molar-refractivity contribution in [3.8, 4) is 0 Å². The lowest BCUT2D eigenvalue weighted by molar-refractivity contribution is -0.119. The van der Waals surface area contributed by atoms with Gasteiger partial charge in [-0.2, -0.15) is 0 Å². The van der Waals surface area contributed by atoms with Crippen molar-refractivity contribution in [2.24, 2.45) is 11.8 Å². The van der Waals surface area contributed by atoms with Crippen LogP contribution in [0.5, 0.6) is 0 Å². The highest BCUT2D eigenvalue weighted by atomic mass is 16.1. The summed E-state index contributed by atoms with van der Waals surface area (Å²) in [5.74, 6) is 1.50. The molecular weight excluding hydrogens is 124 g/mol. The van der Waals surface area contributed by atoms with Crippen LogP contribution in [-0.2, 0) is 4.79 Å². The number of ketones is 1. The second-order valence-corrected chi connectivity index (χ2v) is 3.51. The lowest BCUT2D eigenvalue weighted by Crippen LogP contribution is -2.08. The number of rotatable bonds is 0. The fourth-order valence-electron chi connectivity index (χ4n) is 2.09. The van der Waals surface area contributed by atoms with Gasteiger partial charge in [-0.1, -0.05) is 11.6 Å². The predicted molar refractivity (Wildman–Crippen MR) is 39.6 cm³/mol. The molecule has 1 heteroatoms. The Bertz CT molecular complexity index is 203. The van der Waals surface area contributed by atoms with Gasteiger partial charge in [0.05, 0.1) is 0 Å². The molecule has 54 valence electrons. The number of carbonyl (C=O) groups is 1. The van der Waals surface area contributed by atoms with Crippen molar-refractivity contribution in [2.45, 2.75) is 26.2 Å². The van der Waals surface area contributed by atoms with E-state index in [-0.39, 0.29) is 0 Å². The van der Waals surface area contributed by atoms with Crippen LogP contribution in [0.3, 0.4) is 0 Å². The molecule has 0 saturated heterocycles. The van der Waals surface area contributed by atoms with Gasteiger partial charge in [0.25, 0.3) is 0 Å². The molecule has 0 aliphatic heterocycles. The smallest absolute Gasteiger partial charge is 0.140 e. The third-order valence-electron chi connectivity index (χ3n) is 2.77. The quantitative estimate of drug-likeness (QED) is 0.465. The summed E-state index contributed by atoms with van der Waals surface area (Å²) in [5, 5.41) is 0. The molecule has 0 aromatic heterocycles. The van der Waals surface area contributed by atoms with Crippen molar-refractivity contribution in [3.63, 3.8) is 0 Å². The van der Waals surface area contributed by atoms with Gasteiger partial charge in [-0.25, -0.2) is 0 Å². The summed E-state index contributed by atoms with van der Waals surface area (Å²) < 4.78 is 0. The summed E-state index contributed by atoms with van der Waals surface area (Å²) in [4.78, 5) is 11.2. The second-order valence-electron chi connectivity index (χ2n) is 3.51. The Labute approximate surface area is 61.1 Å². The van der Waals surface area contributed by atoms with E-state index in [0.717, 1.165) is 19.3 Å². The van der Waals surface area contributed by atoms with Crippen LogP contribution in [0, 0.1) is 11.8 Å². The largest absolute Gasteiger partial charge is 0.299 e. The van der Waals surface area contributed by atoms with E-state index in [1.54, 1.807) is 0 Å². The summed E-state index contributed by atoms with van der Waals surface area (Å²) in [6, 6.07) is 0. The zero-order chi connectivity index (χ0) is 7.14. The average molecular weight is 136 g/mol. The van der Waals surface area contributed by atoms with Crippen molar-refractivity contribution in [3.05, 3.63) is 11.6 Å². The molecule has 1 unspecified atom stereocenters. The van der Waals surface area contributed by atoms with Crippen LogP contribution in [0.25, 0.3) is 0 Å². The van der Waals surface area contributed by atoms with Crippen LogP contribution in [0.1, 0.15) is 26.2 Å². The Kier molecular flexibility index (Phi) is 1.19. The number of Topliss-reactive ketones (excluding diaryl/α,β-unsaturated/α-hetero) is 1. The van der Waals surface area contributed by atoms with Gasteiger partial charge in [0.15, 0.2) is 0 Å². The molecule has 0 spiro atoms. The molecule has 0 amide bonds. The maximum Gasteiger partial charge on any atom is 0.140 e. The van der Waals surface area contributed by atoms with Crippen molar-refractivity contribution in [1.29, 1.82) is 0 Å². The first-order chi connectivity index (χ1) is 4.77. The lowest BCUT2D eigenvalue weighted by atomic mass is 9.89. The van der Waals surface area contributed by atoms with Gasteiger partial charge in [-0.15, -0.1) is 0 Å². The lowest BCUT2D eigenvalue weighted by Gasteiger charge is -2.15. The van der Waals surface area contributed by atoms with E-state index in [2.05, 4.69) is 13.0 Å². The van der Waals surface area contributed by atoms with Crippen molar-refractivity contribution in [1.82, 2.24) is 0 Å². The molecule has 10 heavy (non-hydrogen) atoms. The van der Waals surface area contributed by atoms with E-state index in [9.17, 15) is 4.79 Å². The van der Waals surface area contributed by atoms with Crippen LogP contribution >= 0.6 is 0 Å². The zero-order valence-corrected chi connectivity index (χ0v) is 6.26. The molecule has 1 nitrogen and oxygen atoms in total. The maximum atomic E-state index is 11.2. The number of fused-ring (bicyclic) bond motifs is 2. The minimum absolute atomic E-state index is 0.318. The van der Waals surface area contributed by atoms with Gasteiger partial charge in [0.1, 0.15) is 5.78 Å². The first kappa shape index (κ1) is 6.14. The molecular formula is C9H12O. The fourth-order valence-corrected chi connectivity index (χ4v) is 2.09. The average Bonchev–Trinajstić information content (AvgIpc) is 2.21. The molecule has 0 aromatic carbocycles. The van der Waals surface area contributed by atoms with Gasteiger partial charge >= 0.3 is 0 Å². The Morgan fingerprint density at radius 1 is 1.60 bits per heavy atom. The summed E-state index contributed by atoms with van der Waals surface area (Å²) in [7, 11) is 0. The SMILES string of the molecule is CC1=CCC2CC(=O)[C@H]1C2. The highest BCUT2D eigenvalue weighted by Gasteiger charge is 2.35. The number of hydrogen-bond donors (Lipinski definition) is 0. The monoisotopic (exact) mass is 136 g/mol. The highest BCUT2D eigenvalue weighted by Crippen LogP contribution is 2.39. The zero-order valence-electron chi connectivity index (χ0n) is 6.26. The van der Waals surface area contributed by atoms with Crippen molar-refractivity contribution >= 4 is 5.78 Å². The summed E-state index contributed by atoms with van der Waals surface area (Å²) in [6.45, 7) is 2.09. The van der Waals surface area contributed by atoms with Gasteiger partial charge in [0, 0.05) is 12.3 Å². The molecule has 1 fully saturated rings. The molecule has 0 N–H and O–H groups in total. The van der Waals surface area contributed by atoms with E-state index in [4.69, 9.17) is 0 Å².